The van der Waals surface area contributed by atoms with Gasteiger partial charge in [0.15, 0.2) is 0 Å². The Kier molecular flexibility index (Phi) is 5.32. The Morgan fingerprint density at radius 1 is 0.607 bits per heavy atom. The van der Waals surface area contributed by atoms with Gasteiger partial charge in [-0.25, -0.2) is 0 Å². The number of hydrogen-bond acceptors (Lipinski definition) is 6. The number of nitrogen functional groups attached to an aromatic ring is 2. The number of anilines is 2. The second-order valence-electron chi connectivity index (χ2n) is 6.10. The number of pyridine rings is 2. The Morgan fingerprint density at radius 2 is 1.07 bits per heavy atom. The highest BCUT2D eigenvalue weighted by molar-refractivity contribution is 7.17. The molecule has 0 bridgehead atoms. The molecule has 0 saturated heterocycles. The van der Waals surface area contributed by atoms with Crippen LogP contribution in [0.4, 0.5) is 10.0 Å². The van der Waals surface area contributed by atoms with Crippen LogP contribution >= 0.6 is 22.7 Å². The van der Waals surface area contributed by atoms with E-state index in [1.807, 2.05) is 48.5 Å². The lowest BCUT2D eigenvalue weighted by Crippen LogP contribution is -1.88. The van der Waals surface area contributed by atoms with E-state index in [0.29, 0.717) is 0 Å². The van der Waals surface area contributed by atoms with Gasteiger partial charge in [0.25, 0.3) is 0 Å². The highest BCUT2D eigenvalue weighted by atomic mass is 32.1. The molecule has 0 aliphatic heterocycles. The van der Waals surface area contributed by atoms with Gasteiger partial charge < -0.3 is 11.5 Å². The summed E-state index contributed by atoms with van der Waals surface area (Å²) in [6.07, 6.45) is 11.8. The minimum Gasteiger partial charge on any atom is -0.391 e. The van der Waals surface area contributed by atoms with E-state index in [9.17, 15) is 0 Å². The Morgan fingerprint density at radius 3 is 1.46 bits per heavy atom. The van der Waals surface area contributed by atoms with Crippen molar-refractivity contribution in [2.75, 3.05) is 11.5 Å². The molecule has 6 heteroatoms. The van der Waals surface area contributed by atoms with E-state index in [-0.39, 0.29) is 0 Å². The predicted molar refractivity (Wildman–Crippen MR) is 123 cm³/mol. The van der Waals surface area contributed by atoms with Gasteiger partial charge in [0.1, 0.15) is 0 Å². The lowest BCUT2D eigenvalue weighted by atomic mass is 10.1. The highest BCUT2D eigenvalue weighted by Gasteiger charge is 2.03. The van der Waals surface area contributed by atoms with Crippen LogP contribution in [0.3, 0.4) is 0 Å². The Hall–Kier alpha value is -3.22. The first-order chi connectivity index (χ1) is 13.7. The summed E-state index contributed by atoms with van der Waals surface area (Å²) >= 11 is 3.13. The molecule has 0 saturated carbocycles. The van der Waals surface area contributed by atoms with E-state index in [2.05, 4.69) is 34.3 Å². The number of aromatic nitrogens is 2. The molecule has 4 aromatic heterocycles. The van der Waals surface area contributed by atoms with Gasteiger partial charge in [0.2, 0.25) is 0 Å². The number of nitrogens with two attached hydrogens (primary N) is 2. The van der Waals surface area contributed by atoms with Gasteiger partial charge in [-0.1, -0.05) is 12.2 Å². The monoisotopic (exact) mass is 402 g/mol. The highest BCUT2D eigenvalue weighted by Crippen LogP contribution is 2.23. The maximum Gasteiger partial charge on any atom is 0.0892 e. The zero-order chi connectivity index (χ0) is 19.3. The van der Waals surface area contributed by atoms with E-state index in [1.165, 1.54) is 0 Å². The smallest absolute Gasteiger partial charge is 0.0892 e. The van der Waals surface area contributed by atoms with E-state index in [4.69, 9.17) is 11.5 Å². The molecule has 0 radical (unpaired) electrons. The fraction of sp³-hybridized carbons (Fsp3) is 0. The summed E-state index contributed by atoms with van der Waals surface area (Å²) < 4.78 is 0. The molecule has 0 unspecified atom stereocenters. The van der Waals surface area contributed by atoms with Gasteiger partial charge >= 0.3 is 0 Å². The Balaban J connectivity index is 1.55. The SMILES string of the molecule is Nc1ccc(/C=C/c2ccnc(-c3cc(/C=C/c4ccc(N)s4)ccn3)c2)s1. The van der Waals surface area contributed by atoms with Crippen LogP contribution in [0.25, 0.3) is 35.7 Å². The molecule has 0 aliphatic carbocycles. The van der Waals surface area contributed by atoms with Crippen molar-refractivity contribution in [1.82, 2.24) is 9.97 Å². The van der Waals surface area contributed by atoms with Crippen molar-refractivity contribution in [3.63, 3.8) is 0 Å². The van der Waals surface area contributed by atoms with Crippen LogP contribution < -0.4 is 11.5 Å². The molecule has 4 N–H and O–H groups in total. The van der Waals surface area contributed by atoms with Crippen molar-refractivity contribution in [3.05, 3.63) is 81.8 Å². The van der Waals surface area contributed by atoms with Gasteiger partial charge in [0.05, 0.1) is 21.4 Å². The van der Waals surface area contributed by atoms with Crippen LogP contribution in [0.1, 0.15) is 20.9 Å². The third-order valence-electron chi connectivity index (χ3n) is 4.01. The lowest BCUT2D eigenvalue weighted by molar-refractivity contribution is 1.24. The van der Waals surface area contributed by atoms with Crippen molar-refractivity contribution in [1.29, 1.82) is 0 Å². The fourth-order valence-corrected chi connectivity index (χ4v) is 4.01. The molecule has 0 aromatic carbocycles. The number of hydrogen-bond donors (Lipinski definition) is 2. The Bertz CT molecular complexity index is 1060. The molecule has 0 atom stereocenters. The number of rotatable bonds is 5. The van der Waals surface area contributed by atoms with Crippen molar-refractivity contribution in [2.24, 2.45) is 0 Å². The summed E-state index contributed by atoms with van der Waals surface area (Å²) in [7, 11) is 0. The molecule has 0 fully saturated rings. The van der Waals surface area contributed by atoms with Crippen LogP contribution in [-0.4, -0.2) is 9.97 Å². The number of nitrogens with zero attached hydrogens (tertiary/aromatic N) is 2. The maximum atomic E-state index is 5.78. The van der Waals surface area contributed by atoms with Crippen LogP contribution in [-0.2, 0) is 0 Å². The lowest BCUT2D eigenvalue weighted by Gasteiger charge is -2.02. The quantitative estimate of drug-likeness (QED) is 0.444. The minimum absolute atomic E-state index is 0.814. The van der Waals surface area contributed by atoms with Crippen LogP contribution in [0.2, 0.25) is 0 Å². The van der Waals surface area contributed by atoms with E-state index < -0.39 is 0 Å². The third-order valence-corrected chi connectivity index (χ3v) is 5.76. The van der Waals surface area contributed by atoms with E-state index in [1.54, 1.807) is 35.1 Å². The van der Waals surface area contributed by atoms with E-state index in [0.717, 1.165) is 42.3 Å². The molecule has 138 valence electrons. The van der Waals surface area contributed by atoms with Gasteiger partial charge in [-0.2, -0.15) is 0 Å². The summed E-state index contributed by atoms with van der Waals surface area (Å²) in [5.41, 5.74) is 15.4. The van der Waals surface area contributed by atoms with Crippen molar-refractivity contribution in [3.8, 4) is 11.4 Å². The first-order valence-electron chi connectivity index (χ1n) is 8.65. The summed E-state index contributed by atoms with van der Waals surface area (Å²) in [4.78, 5) is 11.2. The zero-order valence-corrected chi connectivity index (χ0v) is 16.6. The normalized spacial score (nSPS) is 11.6. The van der Waals surface area contributed by atoms with Crippen LogP contribution in [0.5, 0.6) is 0 Å². The van der Waals surface area contributed by atoms with Gasteiger partial charge in [-0.15, -0.1) is 22.7 Å². The van der Waals surface area contributed by atoms with Crippen molar-refractivity contribution >= 4 is 57.0 Å². The first-order valence-corrected chi connectivity index (χ1v) is 10.3. The summed E-state index contributed by atoms with van der Waals surface area (Å²) in [6.45, 7) is 0. The predicted octanol–water partition coefficient (Wildman–Crippen LogP) is 5.77. The van der Waals surface area contributed by atoms with Crippen LogP contribution in [0.15, 0.2) is 60.9 Å². The molecule has 4 nitrogen and oxygen atoms in total. The molecule has 0 aliphatic rings. The van der Waals surface area contributed by atoms with Gasteiger partial charge in [-0.3, -0.25) is 9.97 Å². The molecule has 4 rings (SSSR count). The van der Waals surface area contributed by atoms with E-state index >= 15 is 0 Å². The maximum absolute atomic E-state index is 5.78. The second kappa shape index (κ2) is 8.21. The summed E-state index contributed by atoms with van der Waals surface area (Å²) in [6, 6.07) is 15.9. The first kappa shape index (κ1) is 18.2. The summed E-state index contributed by atoms with van der Waals surface area (Å²) in [5.74, 6) is 0. The van der Waals surface area contributed by atoms with Crippen LogP contribution in [0, 0.1) is 0 Å². The summed E-state index contributed by atoms with van der Waals surface area (Å²) in [5, 5.41) is 1.63. The molecule has 28 heavy (non-hydrogen) atoms. The third kappa shape index (κ3) is 4.54. The standard InChI is InChI=1S/C22H18N4S2/c23-21-7-5-17(27-21)3-1-15-9-11-25-19(13-15)20-14-16(10-12-26-20)2-4-18-6-8-22(24)28-18/h1-14H,23-24H2/b3-1+,4-2+. The molecule has 4 aromatic rings. The molecule has 0 spiro atoms. The second-order valence-corrected chi connectivity index (χ2v) is 8.39. The van der Waals surface area contributed by atoms with Gasteiger partial charge in [0, 0.05) is 22.1 Å². The minimum atomic E-state index is 0.814. The van der Waals surface area contributed by atoms with Crippen molar-refractivity contribution < 1.29 is 0 Å². The molecule has 0 amide bonds. The van der Waals surface area contributed by atoms with Crippen molar-refractivity contribution in [2.45, 2.75) is 0 Å². The largest absolute Gasteiger partial charge is 0.391 e. The fourth-order valence-electron chi connectivity index (χ4n) is 2.65. The zero-order valence-electron chi connectivity index (χ0n) is 14.9. The molecule has 4 heterocycles. The molecular formula is C22H18N4S2. The average Bonchev–Trinajstić information content (AvgIpc) is 3.33. The average molecular weight is 403 g/mol. The molecular weight excluding hydrogens is 384 g/mol. The van der Waals surface area contributed by atoms with Gasteiger partial charge in [-0.05, 0) is 71.8 Å². The number of thiophene rings is 2. The Labute approximate surface area is 171 Å². The topological polar surface area (TPSA) is 77.8 Å².